The molecule has 1 atom stereocenters. The van der Waals surface area contributed by atoms with Crippen molar-refractivity contribution >= 4 is 35.8 Å². The van der Waals surface area contributed by atoms with Crippen LogP contribution in [0.3, 0.4) is 0 Å². The summed E-state index contributed by atoms with van der Waals surface area (Å²) in [4.78, 5) is 27.6. The van der Waals surface area contributed by atoms with Gasteiger partial charge in [0.1, 0.15) is 5.82 Å². The van der Waals surface area contributed by atoms with Gasteiger partial charge in [-0.2, -0.15) is 0 Å². The van der Waals surface area contributed by atoms with E-state index in [1.54, 1.807) is 16.7 Å². The van der Waals surface area contributed by atoms with Gasteiger partial charge in [-0.3, -0.25) is 9.59 Å². The second-order valence-electron chi connectivity index (χ2n) is 5.38. The Balaban J connectivity index is 0.00000264. The number of nitrogens with two attached hydrogens (primary N) is 1. The molecule has 0 bridgehead atoms. The SMILES string of the molecule is CC(CN)C(=O)N1CCN(C(=O)c2ccc(Cl)cc2F)CC1.Cl. The molecular weight excluding hydrogens is 344 g/mol. The highest BCUT2D eigenvalue weighted by atomic mass is 35.5. The average molecular weight is 364 g/mol. The highest BCUT2D eigenvalue weighted by Crippen LogP contribution is 2.17. The van der Waals surface area contributed by atoms with Gasteiger partial charge in [-0.05, 0) is 18.2 Å². The lowest BCUT2D eigenvalue weighted by molar-refractivity contribution is -0.136. The molecule has 1 heterocycles. The van der Waals surface area contributed by atoms with E-state index in [1.807, 2.05) is 0 Å². The molecule has 5 nitrogen and oxygen atoms in total. The summed E-state index contributed by atoms with van der Waals surface area (Å²) in [6, 6.07) is 3.99. The number of rotatable bonds is 3. The first-order valence-electron chi connectivity index (χ1n) is 7.17. The van der Waals surface area contributed by atoms with Gasteiger partial charge in [-0.15, -0.1) is 12.4 Å². The Labute approximate surface area is 146 Å². The predicted octanol–water partition coefficient (Wildman–Crippen LogP) is 1.78. The molecule has 1 aromatic rings. The van der Waals surface area contributed by atoms with Gasteiger partial charge in [0, 0.05) is 43.7 Å². The fraction of sp³-hybridized carbons (Fsp3) is 0.467. The summed E-state index contributed by atoms with van der Waals surface area (Å²) in [7, 11) is 0. The van der Waals surface area contributed by atoms with Crippen molar-refractivity contribution in [1.82, 2.24) is 9.80 Å². The number of halogens is 3. The van der Waals surface area contributed by atoms with Crippen LogP contribution in [0.2, 0.25) is 5.02 Å². The van der Waals surface area contributed by atoms with Crippen molar-refractivity contribution in [1.29, 1.82) is 0 Å². The Morgan fingerprint density at radius 3 is 2.35 bits per heavy atom. The van der Waals surface area contributed by atoms with E-state index >= 15 is 0 Å². The van der Waals surface area contributed by atoms with Gasteiger partial charge in [-0.1, -0.05) is 18.5 Å². The summed E-state index contributed by atoms with van der Waals surface area (Å²) in [5.41, 5.74) is 5.50. The molecule has 0 saturated carbocycles. The zero-order valence-corrected chi connectivity index (χ0v) is 14.4. The van der Waals surface area contributed by atoms with Gasteiger partial charge in [0.15, 0.2) is 0 Å². The number of piperazine rings is 1. The Bertz CT molecular complexity index is 578. The molecule has 1 saturated heterocycles. The van der Waals surface area contributed by atoms with Crippen LogP contribution in [0, 0.1) is 11.7 Å². The summed E-state index contributed by atoms with van der Waals surface area (Å²) in [5.74, 6) is -1.25. The summed E-state index contributed by atoms with van der Waals surface area (Å²) in [6.07, 6.45) is 0. The molecule has 1 aliphatic rings. The summed E-state index contributed by atoms with van der Waals surface area (Å²) < 4.78 is 13.8. The van der Waals surface area contributed by atoms with Gasteiger partial charge in [-0.25, -0.2) is 4.39 Å². The average Bonchev–Trinajstić information content (AvgIpc) is 2.53. The number of benzene rings is 1. The molecule has 128 valence electrons. The summed E-state index contributed by atoms with van der Waals surface area (Å²) >= 11 is 5.69. The molecule has 0 aliphatic carbocycles. The molecular formula is C15H20Cl2FN3O2. The molecule has 0 aromatic heterocycles. The van der Waals surface area contributed by atoms with E-state index in [9.17, 15) is 14.0 Å². The van der Waals surface area contributed by atoms with Gasteiger partial charge < -0.3 is 15.5 Å². The second kappa shape index (κ2) is 8.47. The fourth-order valence-electron chi connectivity index (χ4n) is 2.38. The zero-order chi connectivity index (χ0) is 16.3. The fourth-order valence-corrected chi connectivity index (χ4v) is 2.53. The van der Waals surface area contributed by atoms with Gasteiger partial charge in [0.25, 0.3) is 5.91 Å². The van der Waals surface area contributed by atoms with E-state index in [2.05, 4.69) is 0 Å². The number of nitrogens with zero attached hydrogens (tertiary/aromatic N) is 2. The molecule has 0 radical (unpaired) electrons. The van der Waals surface area contributed by atoms with E-state index in [-0.39, 0.29) is 40.7 Å². The van der Waals surface area contributed by atoms with Crippen LogP contribution in [0.5, 0.6) is 0 Å². The third-order valence-electron chi connectivity index (χ3n) is 3.82. The highest BCUT2D eigenvalue weighted by Gasteiger charge is 2.27. The third-order valence-corrected chi connectivity index (χ3v) is 4.05. The van der Waals surface area contributed by atoms with E-state index in [1.165, 1.54) is 12.1 Å². The number of hydrogen-bond acceptors (Lipinski definition) is 3. The lowest BCUT2D eigenvalue weighted by atomic mass is 10.1. The molecule has 2 rings (SSSR count). The van der Waals surface area contributed by atoms with Crippen molar-refractivity contribution in [3.05, 3.63) is 34.6 Å². The van der Waals surface area contributed by atoms with Crippen LogP contribution < -0.4 is 5.73 Å². The Kier molecular flexibility index (Phi) is 7.25. The number of hydrogen-bond donors (Lipinski definition) is 1. The smallest absolute Gasteiger partial charge is 0.256 e. The van der Waals surface area contributed by atoms with Crippen molar-refractivity contribution in [2.75, 3.05) is 32.7 Å². The lowest BCUT2D eigenvalue weighted by Gasteiger charge is -2.36. The topological polar surface area (TPSA) is 66.6 Å². The molecule has 1 aliphatic heterocycles. The first-order valence-corrected chi connectivity index (χ1v) is 7.55. The Hall–Kier alpha value is -1.37. The quantitative estimate of drug-likeness (QED) is 0.889. The van der Waals surface area contributed by atoms with Crippen LogP contribution >= 0.6 is 24.0 Å². The normalized spacial score (nSPS) is 15.8. The maximum Gasteiger partial charge on any atom is 0.256 e. The van der Waals surface area contributed by atoms with E-state index in [0.717, 1.165) is 6.07 Å². The van der Waals surface area contributed by atoms with Crippen molar-refractivity contribution < 1.29 is 14.0 Å². The minimum Gasteiger partial charge on any atom is -0.339 e. The maximum atomic E-state index is 13.8. The standard InChI is InChI=1S/C15H19ClFN3O2.ClH/c1-10(9-18)14(21)19-4-6-20(7-5-19)15(22)12-3-2-11(16)8-13(12)17;/h2-3,8,10H,4-7,9,18H2,1H3;1H. The van der Waals surface area contributed by atoms with Gasteiger partial charge in [0.05, 0.1) is 5.56 Å². The van der Waals surface area contributed by atoms with E-state index < -0.39 is 5.82 Å². The summed E-state index contributed by atoms with van der Waals surface area (Å²) in [6.45, 7) is 3.71. The third kappa shape index (κ3) is 4.56. The molecule has 0 spiro atoms. The van der Waals surface area contributed by atoms with Crippen LogP contribution in [0.4, 0.5) is 4.39 Å². The Morgan fingerprint density at radius 1 is 1.26 bits per heavy atom. The minimum absolute atomic E-state index is 0. The second-order valence-corrected chi connectivity index (χ2v) is 5.81. The lowest BCUT2D eigenvalue weighted by Crippen LogP contribution is -2.52. The van der Waals surface area contributed by atoms with Crippen LogP contribution in [0.1, 0.15) is 17.3 Å². The van der Waals surface area contributed by atoms with Gasteiger partial charge in [0.2, 0.25) is 5.91 Å². The zero-order valence-electron chi connectivity index (χ0n) is 12.8. The molecule has 2 amide bonds. The monoisotopic (exact) mass is 363 g/mol. The molecule has 23 heavy (non-hydrogen) atoms. The van der Waals surface area contributed by atoms with E-state index in [0.29, 0.717) is 32.7 Å². The number of carbonyl (C=O) groups excluding carboxylic acids is 2. The predicted molar refractivity (Wildman–Crippen MR) is 89.4 cm³/mol. The number of amides is 2. The highest BCUT2D eigenvalue weighted by molar-refractivity contribution is 6.30. The first kappa shape index (κ1) is 19.7. The minimum atomic E-state index is -0.632. The van der Waals surface area contributed by atoms with Crippen LogP contribution in [0.15, 0.2) is 18.2 Å². The van der Waals surface area contributed by atoms with Crippen molar-refractivity contribution in [2.24, 2.45) is 11.7 Å². The molecule has 1 unspecified atom stereocenters. The Morgan fingerprint density at radius 2 is 1.83 bits per heavy atom. The van der Waals surface area contributed by atoms with Crippen molar-refractivity contribution in [3.63, 3.8) is 0 Å². The van der Waals surface area contributed by atoms with Crippen molar-refractivity contribution in [2.45, 2.75) is 6.92 Å². The maximum absolute atomic E-state index is 13.8. The summed E-state index contributed by atoms with van der Waals surface area (Å²) in [5, 5.41) is 0.250. The molecule has 8 heteroatoms. The first-order chi connectivity index (χ1) is 10.4. The molecule has 2 N–H and O–H groups in total. The van der Waals surface area contributed by atoms with Crippen LogP contribution in [0.25, 0.3) is 0 Å². The van der Waals surface area contributed by atoms with Crippen molar-refractivity contribution in [3.8, 4) is 0 Å². The van der Waals surface area contributed by atoms with Crippen LogP contribution in [-0.2, 0) is 4.79 Å². The largest absolute Gasteiger partial charge is 0.339 e. The molecule has 1 aromatic carbocycles. The number of carbonyl (C=O) groups is 2. The van der Waals surface area contributed by atoms with E-state index in [4.69, 9.17) is 17.3 Å². The molecule has 1 fully saturated rings. The van der Waals surface area contributed by atoms with Gasteiger partial charge >= 0.3 is 0 Å². The van der Waals surface area contributed by atoms with Crippen LogP contribution in [-0.4, -0.2) is 54.3 Å².